The van der Waals surface area contributed by atoms with Gasteiger partial charge in [0.2, 0.25) is 0 Å². The van der Waals surface area contributed by atoms with Crippen molar-refractivity contribution in [2.24, 2.45) is 4.99 Å². The molecule has 1 aromatic carbocycles. The molecule has 0 amide bonds. The molecule has 0 heterocycles. The second kappa shape index (κ2) is 5.14. The van der Waals surface area contributed by atoms with Gasteiger partial charge in [-0.05, 0) is 17.7 Å². The van der Waals surface area contributed by atoms with Gasteiger partial charge >= 0.3 is 5.97 Å². The first kappa shape index (κ1) is 11.2. The second-order valence-electron chi connectivity index (χ2n) is 3.07. The van der Waals surface area contributed by atoms with Crippen molar-refractivity contribution in [3.05, 3.63) is 29.8 Å². The van der Waals surface area contributed by atoms with E-state index in [2.05, 4.69) is 4.99 Å². The van der Waals surface area contributed by atoms with E-state index < -0.39 is 5.97 Å². The molecule has 0 aliphatic heterocycles. The van der Waals surface area contributed by atoms with Gasteiger partial charge in [-0.2, -0.15) is 0 Å². The molecular weight excluding hydrogens is 194 g/mol. The Kier molecular flexibility index (Phi) is 3.85. The Hall–Kier alpha value is -1.84. The summed E-state index contributed by atoms with van der Waals surface area (Å²) in [5.41, 5.74) is 1.51. The zero-order chi connectivity index (χ0) is 11.3. The molecule has 0 aliphatic rings. The minimum atomic E-state index is -0.834. The Morgan fingerprint density at radius 2 is 2.00 bits per heavy atom. The first-order valence-electron chi connectivity index (χ1n) is 4.52. The molecule has 0 saturated carbocycles. The van der Waals surface area contributed by atoms with Crippen molar-refractivity contribution in [3.8, 4) is 0 Å². The summed E-state index contributed by atoms with van der Waals surface area (Å²) in [5.74, 6) is -0.264. The van der Waals surface area contributed by atoms with Crippen LogP contribution in [0.5, 0.6) is 0 Å². The molecule has 0 aliphatic carbocycles. The summed E-state index contributed by atoms with van der Waals surface area (Å²) in [4.78, 5) is 14.6. The van der Waals surface area contributed by atoms with Crippen LogP contribution in [0.3, 0.4) is 0 Å². The molecule has 0 atom stereocenters. The number of rotatable bonds is 3. The molecule has 0 unspecified atom stereocenters. The van der Waals surface area contributed by atoms with Crippen molar-refractivity contribution in [1.29, 1.82) is 0 Å². The van der Waals surface area contributed by atoms with Gasteiger partial charge in [0.1, 0.15) is 0 Å². The number of hydrogen-bond acceptors (Lipinski definition) is 3. The Morgan fingerprint density at radius 1 is 1.40 bits per heavy atom. The number of hydrogen-bond donors (Lipinski definition) is 1. The fourth-order valence-corrected chi connectivity index (χ4v) is 1.09. The number of nitrogens with zero attached hydrogens (tertiary/aromatic N) is 1. The van der Waals surface area contributed by atoms with Crippen LogP contribution >= 0.6 is 0 Å². The third kappa shape index (κ3) is 3.81. The molecular formula is C11H13NO3. The van der Waals surface area contributed by atoms with E-state index in [1.165, 1.54) is 0 Å². The van der Waals surface area contributed by atoms with Gasteiger partial charge in [0, 0.05) is 6.92 Å². The largest absolute Gasteiger partial charge is 0.484 e. The molecule has 0 saturated heterocycles. The van der Waals surface area contributed by atoms with Crippen molar-refractivity contribution in [1.82, 2.24) is 0 Å². The third-order valence-electron chi connectivity index (χ3n) is 1.87. The summed E-state index contributed by atoms with van der Waals surface area (Å²) in [6, 6.07) is 7.02. The van der Waals surface area contributed by atoms with Gasteiger partial charge in [-0.1, -0.05) is 12.1 Å². The lowest BCUT2D eigenvalue weighted by Crippen LogP contribution is -1.99. The summed E-state index contributed by atoms with van der Waals surface area (Å²) in [6.07, 6.45) is 0.0350. The molecule has 4 heteroatoms. The first-order chi connectivity index (χ1) is 7.11. The lowest BCUT2D eigenvalue weighted by molar-refractivity contribution is -0.136. The first-order valence-corrected chi connectivity index (χ1v) is 4.52. The maximum absolute atomic E-state index is 10.4. The fourth-order valence-electron chi connectivity index (χ4n) is 1.09. The van der Waals surface area contributed by atoms with Gasteiger partial charge in [-0.15, -0.1) is 0 Å². The van der Waals surface area contributed by atoms with Gasteiger partial charge in [0.25, 0.3) is 0 Å². The number of carbonyl (C=O) groups is 1. The van der Waals surface area contributed by atoms with Crippen molar-refractivity contribution >= 4 is 17.6 Å². The maximum atomic E-state index is 10.4. The molecule has 15 heavy (non-hydrogen) atoms. The Labute approximate surface area is 88.2 Å². The van der Waals surface area contributed by atoms with Crippen LogP contribution in [-0.2, 0) is 16.0 Å². The number of carboxylic acid groups (broad SMARTS) is 1. The molecule has 1 rings (SSSR count). The molecule has 1 aromatic rings. The second-order valence-corrected chi connectivity index (χ2v) is 3.07. The number of methoxy groups -OCH3 is 1. The molecule has 1 N–H and O–H groups in total. The summed E-state index contributed by atoms with van der Waals surface area (Å²) >= 11 is 0. The van der Waals surface area contributed by atoms with Crippen LogP contribution in [0.25, 0.3) is 0 Å². The lowest BCUT2D eigenvalue weighted by atomic mass is 10.1. The molecule has 0 radical (unpaired) electrons. The highest BCUT2D eigenvalue weighted by Gasteiger charge is 1.99. The van der Waals surface area contributed by atoms with Crippen molar-refractivity contribution in [2.45, 2.75) is 13.3 Å². The summed E-state index contributed by atoms with van der Waals surface area (Å²) < 4.78 is 4.90. The van der Waals surface area contributed by atoms with E-state index >= 15 is 0 Å². The van der Waals surface area contributed by atoms with E-state index in [9.17, 15) is 4.79 Å². The molecule has 80 valence electrons. The maximum Gasteiger partial charge on any atom is 0.307 e. The summed E-state index contributed by atoms with van der Waals surface area (Å²) in [7, 11) is 1.55. The fraction of sp³-hybridized carbons (Fsp3) is 0.273. The monoisotopic (exact) mass is 207 g/mol. The SMILES string of the molecule is CO/C(C)=N\c1ccc(CC(=O)O)cc1. The minimum absolute atomic E-state index is 0.0350. The van der Waals surface area contributed by atoms with Gasteiger partial charge in [0.05, 0.1) is 19.2 Å². The predicted octanol–water partition coefficient (Wildman–Crippen LogP) is 2.01. The van der Waals surface area contributed by atoms with Crippen LogP contribution in [0.4, 0.5) is 5.69 Å². The topological polar surface area (TPSA) is 58.9 Å². The van der Waals surface area contributed by atoms with Crippen LogP contribution in [0.15, 0.2) is 29.3 Å². The van der Waals surface area contributed by atoms with Crippen LogP contribution in [0, 0.1) is 0 Å². The highest BCUT2D eigenvalue weighted by molar-refractivity contribution is 5.76. The van der Waals surface area contributed by atoms with Crippen molar-refractivity contribution in [3.63, 3.8) is 0 Å². The van der Waals surface area contributed by atoms with Gasteiger partial charge in [0.15, 0.2) is 5.90 Å². The highest BCUT2D eigenvalue weighted by Crippen LogP contribution is 2.13. The third-order valence-corrected chi connectivity index (χ3v) is 1.87. The number of carboxylic acids is 1. The van der Waals surface area contributed by atoms with Crippen molar-refractivity contribution < 1.29 is 14.6 Å². The lowest BCUT2D eigenvalue weighted by Gasteiger charge is -2.00. The normalized spacial score (nSPS) is 11.2. The van der Waals surface area contributed by atoms with Crippen LogP contribution in [0.2, 0.25) is 0 Å². The van der Waals surface area contributed by atoms with E-state index in [4.69, 9.17) is 9.84 Å². The van der Waals surface area contributed by atoms with Gasteiger partial charge in [-0.3, -0.25) is 4.79 Å². The summed E-state index contributed by atoms with van der Waals surface area (Å²) in [5, 5.41) is 8.57. The average Bonchev–Trinajstić information content (AvgIpc) is 2.20. The quantitative estimate of drug-likeness (QED) is 0.609. The number of aliphatic carboxylic acids is 1. The average molecular weight is 207 g/mol. The minimum Gasteiger partial charge on any atom is -0.484 e. The number of benzene rings is 1. The zero-order valence-electron chi connectivity index (χ0n) is 8.73. The highest BCUT2D eigenvalue weighted by atomic mass is 16.5. The zero-order valence-corrected chi connectivity index (χ0v) is 8.73. The van der Waals surface area contributed by atoms with E-state index in [-0.39, 0.29) is 6.42 Å². The van der Waals surface area contributed by atoms with E-state index in [0.29, 0.717) is 5.90 Å². The predicted molar refractivity (Wildman–Crippen MR) is 57.6 cm³/mol. The van der Waals surface area contributed by atoms with Crippen LogP contribution in [0.1, 0.15) is 12.5 Å². The Bertz CT molecular complexity index is 368. The Balaban J connectivity index is 2.76. The smallest absolute Gasteiger partial charge is 0.307 e. The molecule has 0 aromatic heterocycles. The standard InChI is InChI=1S/C11H13NO3/c1-8(15-2)12-10-5-3-9(4-6-10)7-11(13)14/h3-6H,7H2,1-2H3,(H,13,14)/b12-8-. The van der Waals surface area contributed by atoms with Crippen LogP contribution in [-0.4, -0.2) is 24.1 Å². The van der Waals surface area contributed by atoms with Gasteiger partial charge in [-0.25, -0.2) is 4.99 Å². The number of aliphatic imine (C=N–C) groups is 1. The molecule has 0 bridgehead atoms. The van der Waals surface area contributed by atoms with Crippen molar-refractivity contribution in [2.75, 3.05) is 7.11 Å². The molecule has 0 spiro atoms. The number of ether oxygens (including phenoxy) is 1. The van der Waals surface area contributed by atoms with Crippen LogP contribution < -0.4 is 0 Å². The molecule has 4 nitrogen and oxygen atoms in total. The van der Waals surface area contributed by atoms with E-state index in [0.717, 1.165) is 11.3 Å². The molecule has 0 fully saturated rings. The summed E-state index contributed by atoms with van der Waals surface area (Å²) in [6.45, 7) is 1.76. The van der Waals surface area contributed by atoms with E-state index in [1.807, 2.05) is 0 Å². The Morgan fingerprint density at radius 3 is 2.47 bits per heavy atom. The van der Waals surface area contributed by atoms with Gasteiger partial charge < -0.3 is 9.84 Å². The van der Waals surface area contributed by atoms with E-state index in [1.54, 1.807) is 38.3 Å².